The second-order valence-corrected chi connectivity index (χ2v) is 9.54. The number of amides is 1. The molecular formula is C25H26ClF3N6O2. The number of amidine groups is 1. The largest absolute Gasteiger partial charge is 0.411 e. The summed E-state index contributed by atoms with van der Waals surface area (Å²) in [6.07, 6.45) is -2.60. The van der Waals surface area contributed by atoms with Gasteiger partial charge in [0.25, 0.3) is 5.91 Å². The summed E-state index contributed by atoms with van der Waals surface area (Å²) < 4.78 is 45.5. The maximum Gasteiger partial charge on any atom is 0.411 e. The van der Waals surface area contributed by atoms with Crippen LogP contribution >= 0.6 is 11.6 Å². The van der Waals surface area contributed by atoms with E-state index in [4.69, 9.17) is 21.7 Å². The number of nitrogens with zero attached hydrogens (tertiary/aromatic N) is 2. The first-order chi connectivity index (χ1) is 17.7. The molecule has 4 N–H and O–H groups in total. The average molecular weight is 535 g/mol. The Balaban J connectivity index is 1.40. The summed E-state index contributed by atoms with van der Waals surface area (Å²) in [5.74, 6) is 0.219. The van der Waals surface area contributed by atoms with Crippen LogP contribution in [0.5, 0.6) is 0 Å². The minimum atomic E-state index is -4.61. The van der Waals surface area contributed by atoms with Crippen LogP contribution in [0.3, 0.4) is 0 Å². The standard InChI is InChI=1S/C25H26ClF3N6O2/c26-21-16(23(36)35-10-11-37-13-20(35)25(27,28)29)2-1-3-19(21)33-18-7-6-15(12-17(18)14-4-5-14)22(30)34-24-31-8-9-32-24/h1-3,6-7,12,14,20,33H,4-5,8-11,13H2,(H3,30,31,32,34). The number of ether oxygens (including phenoxy) is 1. The first-order valence-electron chi connectivity index (χ1n) is 12.0. The molecule has 2 aromatic carbocycles. The van der Waals surface area contributed by atoms with Crippen molar-refractivity contribution in [3.63, 3.8) is 0 Å². The van der Waals surface area contributed by atoms with Gasteiger partial charge < -0.3 is 25.6 Å². The van der Waals surface area contributed by atoms with E-state index in [9.17, 15) is 18.0 Å². The number of anilines is 2. The van der Waals surface area contributed by atoms with Gasteiger partial charge in [0.2, 0.25) is 0 Å². The summed E-state index contributed by atoms with van der Waals surface area (Å²) in [4.78, 5) is 18.2. The van der Waals surface area contributed by atoms with Crippen molar-refractivity contribution in [1.82, 2.24) is 15.5 Å². The van der Waals surface area contributed by atoms with Gasteiger partial charge in [0.1, 0.15) is 0 Å². The van der Waals surface area contributed by atoms with Crippen molar-refractivity contribution < 1.29 is 22.7 Å². The molecule has 0 bridgehead atoms. The predicted octanol–water partition coefficient (Wildman–Crippen LogP) is 4.24. The number of hydrogen-bond donors (Lipinski definition) is 4. The smallest absolute Gasteiger partial charge is 0.377 e. The van der Waals surface area contributed by atoms with Crippen molar-refractivity contribution in [2.45, 2.75) is 31.0 Å². The topological polar surface area (TPSA) is 102 Å². The Morgan fingerprint density at radius 3 is 2.62 bits per heavy atom. The van der Waals surface area contributed by atoms with E-state index in [0.29, 0.717) is 23.1 Å². The Kier molecular flexibility index (Phi) is 7.00. The summed E-state index contributed by atoms with van der Waals surface area (Å²) in [5.41, 5.74) is 2.81. The van der Waals surface area contributed by atoms with Crippen molar-refractivity contribution >= 4 is 40.7 Å². The molecule has 3 fully saturated rings. The number of rotatable bonds is 5. The van der Waals surface area contributed by atoms with Crippen LogP contribution in [-0.2, 0) is 4.74 Å². The monoisotopic (exact) mass is 534 g/mol. The second-order valence-electron chi connectivity index (χ2n) is 9.16. The number of morpholine rings is 1. The lowest BCUT2D eigenvalue weighted by Crippen LogP contribution is -2.55. The van der Waals surface area contributed by atoms with Gasteiger partial charge in [0.05, 0.1) is 29.5 Å². The number of halogens is 4. The van der Waals surface area contributed by atoms with Crippen molar-refractivity contribution in [3.8, 4) is 0 Å². The highest BCUT2D eigenvalue weighted by Crippen LogP contribution is 2.45. The Hall–Kier alpha value is -3.31. The Morgan fingerprint density at radius 1 is 1.16 bits per heavy atom. The normalized spacial score (nSPS) is 19.7. The van der Waals surface area contributed by atoms with E-state index >= 15 is 0 Å². The zero-order valence-corrected chi connectivity index (χ0v) is 20.5. The molecule has 1 amide bonds. The Morgan fingerprint density at radius 2 is 1.92 bits per heavy atom. The molecule has 2 saturated heterocycles. The highest BCUT2D eigenvalue weighted by Gasteiger charge is 2.47. The SMILES string of the molecule is N=C(N=C1NCCN1)c1ccc(Nc2cccc(C(=O)N3CCOCC3C(F)(F)F)c2Cl)c(C2CC2)c1. The van der Waals surface area contributed by atoms with Gasteiger partial charge in [-0.25, -0.2) is 0 Å². The average Bonchev–Trinajstić information content (AvgIpc) is 3.60. The van der Waals surface area contributed by atoms with Gasteiger partial charge in [-0.15, -0.1) is 0 Å². The summed E-state index contributed by atoms with van der Waals surface area (Å²) >= 11 is 6.57. The van der Waals surface area contributed by atoms with E-state index in [1.165, 1.54) is 6.07 Å². The molecule has 2 heterocycles. The van der Waals surface area contributed by atoms with Crippen LogP contribution < -0.4 is 16.0 Å². The Bertz CT molecular complexity index is 1240. The molecule has 8 nitrogen and oxygen atoms in total. The van der Waals surface area contributed by atoms with E-state index in [1.54, 1.807) is 18.2 Å². The fourth-order valence-electron chi connectivity index (χ4n) is 4.45. The van der Waals surface area contributed by atoms with E-state index in [1.807, 2.05) is 12.1 Å². The molecule has 0 aromatic heterocycles. The molecule has 2 aliphatic heterocycles. The zero-order chi connectivity index (χ0) is 26.2. The highest BCUT2D eigenvalue weighted by atomic mass is 35.5. The molecule has 0 radical (unpaired) electrons. The van der Waals surface area contributed by atoms with Crippen LogP contribution in [0.2, 0.25) is 5.02 Å². The minimum absolute atomic E-state index is 0.0124. The number of benzene rings is 2. The maximum absolute atomic E-state index is 13.5. The van der Waals surface area contributed by atoms with Gasteiger partial charge in [0, 0.05) is 30.9 Å². The van der Waals surface area contributed by atoms with Crippen LogP contribution in [0.4, 0.5) is 24.5 Å². The highest BCUT2D eigenvalue weighted by molar-refractivity contribution is 6.36. The summed E-state index contributed by atoms with van der Waals surface area (Å²) in [6.45, 7) is 0.762. The number of hydrogen-bond acceptors (Lipinski definition) is 4. The molecule has 0 spiro atoms. The van der Waals surface area contributed by atoms with Gasteiger partial charge >= 0.3 is 6.18 Å². The fourth-order valence-corrected chi connectivity index (χ4v) is 4.70. The summed E-state index contributed by atoms with van der Waals surface area (Å²) in [6, 6.07) is 8.20. The van der Waals surface area contributed by atoms with E-state index in [0.717, 1.165) is 42.1 Å². The molecule has 12 heteroatoms. The van der Waals surface area contributed by atoms with Crippen LogP contribution in [0.1, 0.15) is 40.2 Å². The molecule has 3 aliphatic rings. The second kappa shape index (κ2) is 10.2. The maximum atomic E-state index is 13.5. The third-order valence-electron chi connectivity index (χ3n) is 6.54. The van der Waals surface area contributed by atoms with Crippen molar-refractivity contribution in [1.29, 1.82) is 5.41 Å². The van der Waals surface area contributed by atoms with Crippen LogP contribution in [-0.4, -0.2) is 67.7 Å². The number of nitrogens with one attached hydrogen (secondary N) is 4. The van der Waals surface area contributed by atoms with E-state index in [2.05, 4.69) is 20.9 Å². The van der Waals surface area contributed by atoms with Crippen molar-refractivity contribution in [2.24, 2.45) is 4.99 Å². The first-order valence-corrected chi connectivity index (χ1v) is 12.4. The van der Waals surface area contributed by atoms with Gasteiger partial charge in [-0.1, -0.05) is 17.7 Å². The Labute approximate surface area is 216 Å². The lowest BCUT2D eigenvalue weighted by atomic mass is 10.0. The van der Waals surface area contributed by atoms with E-state index < -0.39 is 24.7 Å². The third-order valence-corrected chi connectivity index (χ3v) is 6.95. The molecule has 5 rings (SSSR count). The lowest BCUT2D eigenvalue weighted by molar-refractivity contribution is -0.202. The van der Waals surface area contributed by atoms with E-state index in [-0.39, 0.29) is 29.6 Å². The number of carbonyl (C=O) groups is 1. The minimum Gasteiger partial charge on any atom is -0.377 e. The van der Waals surface area contributed by atoms with Crippen molar-refractivity contribution in [3.05, 3.63) is 58.1 Å². The van der Waals surface area contributed by atoms with Gasteiger partial charge in [-0.3, -0.25) is 10.2 Å². The molecule has 37 heavy (non-hydrogen) atoms. The molecule has 196 valence electrons. The quantitative estimate of drug-likeness (QED) is 0.339. The van der Waals surface area contributed by atoms with Gasteiger partial charge in [-0.05, 0) is 54.7 Å². The third kappa shape index (κ3) is 5.52. The number of alkyl halides is 3. The predicted molar refractivity (Wildman–Crippen MR) is 135 cm³/mol. The first kappa shape index (κ1) is 25.3. The van der Waals surface area contributed by atoms with Gasteiger partial charge in [0.15, 0.2) is 17.8 Å². The summed E-state index contributed by atoms with van der Waals surface area (Å²) in [7, 11) is 0. The number of carbonyl (C=O) groups excluding carboxylic acids is 1. The molecule has 1 saturated carbocycles. The number of aliphatic imine (C=N–C) groups is 1. The van der Waals surface area contributed by atoms with Gasteiger partial charge in [-0.2, -0.15) is 18.2 Å². The molecule has 1 aliphatic carbocycles. The molecular weight excluding hydrogens is 509 g/mol. The fraction of sp³-hybridized carbons (Fsp3) is 0.400. The molecule has 2 aromatic rings. The number of guanidine groups is 1. The summed E-state index contributed by atoms with van der Waals surface area (Å²) in [5, 5.41) is 17.8. The van der Waals surface area contributed by atoms with Crippen LogP contribution in [0.25, 0.3) is 0 Å². The zero-order valence-electron chi connectivity index (χ0n) is 19.8. The van der Waals surface area contributed by atoms with Crippen molar-refractivity contribution in [2.75, 3.05) is 38.2 Å². The molecule has 1 unspecified atom stereocenters. The van der Waals surface area contributed by atoms with Crippen LogP contribution in [0, 0.1) is 5.41 Å². The molecule has 1 atom stereocenters. The van der Waals surface area contributed by atoms with Crippen LogP contribution in [0.15, 0.2) is 41.4 Å². The lowest BCUT2D eigenvalue weighted by Gasteiger charge is -2.36.